The van der Waals surface area contributed by atoms with Gasteiger partial charge in [0, 0.05) is 55.4 Å². The standard InChI is InChI=1S/C68H54N2O3/c1-67(2,3)51-21-27-53(28-22-51)69(59-31-19-45-33-35-71-65(45)63(59)43-13-9-7-10-14-43)55-25-17-47-39-57-58-40-48-18-26-56(38-50(48)42-62(58)73-61(57)41-49(47)37-55)70(54-29-23-52(24-30-54)68(4,5)6)60-32-20-46-34-36-72-66(46)64(60)44-15-11-8-12-16-44/h7-42H,1-6H3. The minimum absolute atomic E-state index is 0.0165. The number of hydrogen-bond donors (Lipinski definition) is 0. The Morgan fingerprint density at radius 2 is 0.712 bits per heavy atom. The number of fused-ring (bicyclic) bond motifs is 7. The van der Waals surface area contributed by atoms with Gasteiger partial charge in [-0.15, -0.1) is 0 Å². The summed E-state index contributed by atoms with van der Waals surface area (Å²) >= 11 is 0. The first-order chi connectivity index (χ1) is 35.4. The Hall–Kier alpha value is -8.80. The summed E-state index contributed by atoms with van der Waals surface area (Å²) in [5.41, 5.74) is 16.5. The van der Waals surface area contributed by atoms with E-state index >= 15 is 0 Å². The molecule has 0 radical (unpaired) electrons. The van der Waals surface area contributed by atoms with Crippen molar-refractivity contribution < 1.29 is 13.3 Å². The van der Waals surface area contributed by atoms with E-state index in [0.29, 0.717) is 0 Å². The maximum absolute atomic E-state index is 6.88. The molecule has 0 unspecified atom stereocenters. The zero-order valence-corrected chi connectivity index (χ0v) is 41.9. The SMILES string of the molecule is CC(C)(C)c1ccc(N(c2ccc3cc4c(cc3c2)oc2cc3cc(N(c5ccc(C(C)(C)C)cc5)c5ccc6ccoc6c5-c5ccccc5)ccc3cc24)c2ccc3ccoc3c2-c2ccccc2)cc1. The fourth-order valence-corrected chi connectivity index (χ4v) is 10.8. The number of nitrogens with zero attached hydrogens (tertiary/aromatic N) is 2. The Bertz CT molecular complexity index is 3930. The molecule has 5 nitrogen and oxygen atoms in total. The highest BCUT2D eigenvalue weighted by Gasteiger charge is 2.25. The topological polar surface area (TPSA) is 45.9 Å². The molecule has 0 fully saturated rings. The van der Waals surface area contributed by atoms with Crippen molar-refractivity contribution >= 4 is 99.5 Å². The molecule has 3 heterocycles. The van der Waals surface area contributed by atoms with Crippen molar-refractivity contribution in [2.24, 2.45) is 0 Å². The van der Waals surface area contributed by atoms with Crippen molar-refractivity contribution in [3.05, 3.63) is 230 Å². The van der Waals surface area contributed by atoms with Crippen LogP contribution in [0.5, 0.6) is 0 Å². The van der Waals surface area contributed by atoms with Crippen molar-refractivity contribution in [1.29, 1.82) is 0 Å². The molecule has 0 N–H and O–H groups in total. The van der Waals surface area contributed by atoms with Crippen molar-refractivity contribution in [3.63, 3.8) is 0 Å². The van der Waals surface area contributed by atoms with E-state index in [1.54, 1.807) is 12.5 Å². The van der Waals surface area contributed by atoms with Gasteiger partial charge in [-0.25, -0.2) is 0 Å². The Morgan fingerprint density at radius 1 is 0.329 bits per heavy atom. The van der Waals surface area contributed by atoms with Crippen LogP contribution in [0.1, 0.15) is 52.7 Å². The second-order valence-corrected chi connectivity index (χ2v) is 21.5. The molecule has 0 aliphatic carbocycles. The van der Waals surface area contributed by atoms with Crippen LogP contribution in [0.15, 0.2) is 232 Å². The Kier molecular flexibility index (Phi) is 10.2. The molecule has 0 aliphatic heterocycles. The lowest BCUT2D eigenvalue weighted by Crippen LogP contribution is -2.14. The highest BCUT2D eigenvalue weighted by molar-refractivity contribution is 6.14. The molecule has 0 aliphatic rings. The van der Waals surface area contributed by atoms with Crippen molar-refractivity contribution in [2.45, 2.75) is 52.4 Å². The van der Waals surface area contributed by atoms with Gasteiger partial charge in [-0.1, -0.05) is 139 Å². The fraction of sp³-hybridized carbons (Fsp3) is 0.118. The van der Waals surface area contributed by atoms with Crippen molar-refractivity contribution in [3.8, 4) is 22.3 Å². The minimum Gasteiger partial charge on any atom is -0.464 e. The first kappa shape index (κ1) is 44.2. The summed E-state index contributed by atoms with van der Waals surface area (Å²) in [4.78, 5) is 4.72. The summed E-state index contributed by atoms with van der Waals surface area (Å²) in [6, 6.07) is 74.5. The van der Waals surface area contributed by atoms with Gasteiger partial charge in [-0.2, -0.15) is 0 Å². The van der Waals surface area contributed by atoms with Gasteiger partial charge in [-0.3, -0.25) is 0 Å². The Balaban J connectivity index is 0.948. The lowest BCUT2D eigenvalue weighted by molar-refractivity contribution is 0.590. The van der Waals surface area contributed by atoms with Crippen LogP contribution in [-0.4, -0.2) is 0 Å². The maximum atomic E-state index is 6.88. The van der Waals surface area contributed by atoms with E-state index in [-0.39, 0.29) is 10.8 Å². The number of hydrogen-bond acceptors (Lipinski definition) is 5. The lowest BCUT2D eigenvalue weighted by Gasteiger charge is -2.29. The highest BCUT2D eigenvalue weighted by atomic mass is 16.3. The van der Waals surface area contributed by atoms with Crippen LogP contribution in [0.3, 0.4) is 0 Å². The summed E-state index contributed by atoms with van der Waals surface area (Å²) in [7, 11) is 0. The van der Waals surface area contributed by atoms with Crippen molar-refractivity contribution in [1.82, 2.24) is 0 Å². The van der Waals surface area contributed by atoms with Gasteiger partial charge in [0.2, 0.25) is 0 Å². The van der Waals surface area contributed by atoms with Crippen LogP contribution >= 0.6 is 0 Å². The summed E-state index contributed by atoms with van der Waals surface area (Å²) in [5, 5.41) is 8.75. The smallest absolute Gasteiger partial charge is 0.143 e. The van der Waals surface area contributed by atoms with Gasteiger partial charge in [-0.05, 0) is 164 Å². The monoisotopic (exact) mass is 946 g/mol. The van der Waals surface area contributed by atoms with Crippen LogP contribution in [0, 0.1) is 0 Å². The Labute approximate surface area is 425 Å². The molecule has 10 aromatic carbocycles. The number of rotatable bonds is 8. The first-order valence-corrected chi connectivity index (χ1v) is 25.2. The number of furan rings is 3. The van der Waals surface area contributed by atoms with E-state index in [9.17, 15) is 0 Å². The summed E-state index contributed by atoms with van der Waals surface area (Å²) in [6.07, 6.45) is 3.57. The van der Waals surface area contributed by atoms with Crippen LogP contribution < -0.4 is 9.80 Å². The summed E-state index contributed by atoms with van der Waals surface area (Å²) in [6.45, 7) is 13.5. The molecule has 3 aromatic heterocycles. The highest BCUT2D eigenvalue weighted by Crippen LogP contribution is 2.48. The van der Waals surface area contributed by atoms with Crippen molar-refractivity contribution in [2.75, 3.05) is 9.80 Å². The summed E-state index contributed by atoms with van der Waals surface area (Å²) in [5.74, 6) is 0. The van der Waals surface area contributed by atoms with Gasteiger partial charge < -0.3 is 23.1 Å². The predicted octanol–water partition coefficient (Wildman–Crippen LogP) is 20.3. The third kappa shape index (κ3) is 7.71. The quantitative estimate of drug-likeness (QED) is 0.152. The molecule has 0 saturated heterocycles. The number of anilines is 6. The van der Waals surface area contributed by atoms with Crippen LogP contribution in [0.2, 0.25) is 0 Å². The van der Waals surface area contributed by atoms with Gasteiger partial charge in [0.25, 0.3) is 0 Å². The zero-order chi connectivity index (χ0) is 49.6. The van der Waals surface area contributed by atoms with Gasteiger partial charge in [0.05, 0.1) is 23.9 Å². The normalized spacial score (nSPS) is 12.2. The van der Waals surface area contributed by atoms with Crippen LogP contribution in [0.4, 0.5) is 34.1 Å². The maximum Gasteiger partial charge on any atom is 0.143 e. The molecule has 0 atom stereocenters. The van der Waals surface area contributed by atoms with E-state index in [1.165, 1.54) is 11.1 Å². The molecule has 5 heteroatoms. The van der Waals surface area contributed by atoms with Crippen LogP contribution in [0.25, 0.3) is 87.7 Å². The van der Waals surface area contributed by atoms with E-state index in [0.717, 1.165) is 122 Å². The van der Waals surface area contributed by atoms with E-state index < -0.39 is 0 Å². The molecule has 0 saturated carbocycles. The number of benzene rings is 10. The molecule has 354 valence electrons. The lowest BCUT2D eigenvalue weighted by atomic mass is 9.87. The first-order valence-electron chi connectivity index (χ1n) is 25.2. The Morgan fingerprint density at radius 3 is 1.11 bits per heavy atom. The molecule has 0 bridgehead atoms. The third-order valence-electron chi connectivity index (χ3n) is 14.7. The van der Waals surface area contributed by atoms with E-state index in [2.05, 4.69) is 245 Å². The second kappa shape index (κ2) is 16.9. The molecule has 0 amide bonds. The summed E-state index contributed by atoms with van der Waals surface area (Å²) < 4.78 is 19.4. The minimum atomic E-state index is 0.0165. The van der Waals surface area contributed by atoms with E-state index in [1.807, 2.05) is 12.1 Å². The van der Waals surface area contributed by atoms with Gasteiger partial charge in [0.1, 0.15) is 22.3 Å². The third-order valence-corrected chi connectivity index (χ3v) is 14.7. The average molecular weight is 947 g/mol. The van der Waals surface area contributed by atoms with E-state index in [4.69, 9.17) is 13.3 Å². The van der Waals surface area contributed by atoms with Gasteiger partial charge >= 0.3 is 0 Å². The molecule has 73 heavy (non-hydrogen) atoms. The van der Waals surface area contributed by atoms with Gasteiger partial charge in [0.15, 0.2) is 0 Å². The fourth-order valence-electron chi connectivity index (χ4n) is 10.8. The average Bonchev–Trinajstić information content (AvgIpc) is 4.17. The molecule has 13 aromatic rings. The second-order valence-electron chi connectivity index (χ2n) is 21.5. The molecule has 13 rings (SSSR count). The largest absolute Gasteiger partial charge is 0.464 e. The molecule has 0 spiro atoms. The molecular formula is C68H54N2O3. The molecular weight excluding hydrogens is 893 g/mol. The van der Waals surface area contributed by atoms with Crippen LogP contribution in [-0.2, 0) is 10.8 Å². The zero-order valence-electron chi connectivity index (χ0n) is 41.9. The predicted molar refractivity (Wildman–Crippen MR) is 306 cm³/mol.